The van der Waals surface area contributed by atoms with Gasteiger partial charge in [-0.15, -0.1) is 0 Å². The van der Waals surface area contributed by atoms with Crippen LogP contribution in [-0.4, -0.2) is 37.2 Å². The third-order valence-corrected chi connectivity index (χ3v) is 6.60. The molecule has 1 amide bonds. The van der Waals surface area contributed by atoms with Gasteiger partial charge in [0.25, 0.3) is 5.91 Å². The minimum Gasteiger partial charge on any atom is -0.493 e. The van der Waals surface area contributed by atoms with Crippen LogP contribution in [0.1, 0.15) is 12.5 Å². The number of amides is 1. The van der Waals surface area contributed by atoms with Crippen molar-refractivity contribution in [1.82, 2.24) is 4.90 Å². The number of methoxy groups -OCH3 is 1. The summed E-state index contributed by atoms with van der Waals surface area (Å²) in [5, 5.41) is 0. The van der Waals surface area contributed by atoms with Crippen LogP contribution < -0.4 is 8.92 Å². The van der Waals surface area contributed by atoms with E-state index in [0.29, 0.717) is 21.3 Å². The first-order valence-electron chi connectivity index (χ1n) is 8.38. The van der Waals surface area contributed by atoms with Gasteiger partial charge in [-0.05, 0) is 55.0 Å². The van der Waals surface area contributed by atoms with E-state index in [1.54, 1.807) is 18.2 Å². The molecule has 0 unspecified atom stereocenters. The van der Waals surface area contributed by atoms with E-state index >= 15 is 0 Å². The Labute approximate surface area is 177 Å². The number of nitrogens with zero attached hydrogens (tertiary/aromatic N) is 1. The van der Waals surface area contributed by atoms with Crippen LogP contribution in [0.2, 0.25) is 0 Å². The Morgan fingerprint density at radius 3 is 2.45 bits per heavy atom. The van der Waals surface area contributed by atoms with E-state index in [9.17, 15) is 17.6 Å². The number of rotatable bonds is 6. The van der Waals surface area contributed by atoms with Crippen LogP contribution in [0.15, 0.2) is 52.3 Å². The van der Waals surface area contributed by atoms with Crippen LogP contribution in [0.25, 0.3) is 6.08 Å². The van der Waals surface area contributed by atoms with Gasteiger partial charge in [-0.25, -0.2) is 4.39 Å². The lowest BCUT2D eigenvalue weighted by molar-refractivity contribution is -0.121. The first kappa shape index (κ1) is 21.3. The summed E-state index contributed by atoms with van der Waals surface area (Å²) in [6, 6.07) is 8.85. The number of carbonyl (C=O) groups is 1. The molecule has 1 fully saturated rings. The molecule has 1 aliphatic rings. The van der Waals surface area contributed by atoms with Crippen molar-refractivity contribution in [2.75, 3.05) is 13.7 Å². The minimum atomic E-state index is -4.17. The molecule has 2 aromatic carbocycles. The Hall–Kier alpha value is -2.43. The number of hydrogen-bond donors (Lipinski definition) is 0. The summed E-state index contributed by atoms with van der Waals surface area (Å²) in [6.07, 6.45) is 1.65. The lowest BCUT2D eigenvalue weighted by Crippen LogP contribution is -2.27. The molecule has 0 saturated carbocycles. The second-order valence-electron chi connectivity index (χ2n) is 5.83. The molecule has 1 heterocycles. The number of carbonyl (C=O) groups excluding carboxylic acids is 1. The maximum absolute atomic E-state index is 13.0. The van der Waals surface area contributed by atoms with E-state index in [1.165, 1.54) is 29.8 Å². The minimum absolute atomic E-state index is 0.0323. The molecule has 1 aliphatic heterocycles. The number of halogens is 1. The van der Waals surface area contributed by atoms with E-state index in [1.807, 2.05) is 6.92 Å². The fourth-order valence-corrected chi connectivity index (χ4v) is 4.86. The first-order chi connectivity index (χ1) is 13.7. The molecular weight excluding hydrogens is 437 g/mol. The average molecular weight is 454 g/mol. The monoisotopic (exact) mass is 453 g/mol. The van der Waals surface area contributed by atoms with Crippen LogP contribution in [0.4, 0.5) is 4.39 Å². The SMILES string of the molecule is CCN1C(=O)/C(=C\c2ccc(OS(=O)(=O)c3ccc(F)cc3)c(OC)c2)SC1=S. The van der Waals surface area contributed by atoms with Gasteiger partial charge < -0.3 is 8.92 Å². The molecule has 0 N–H and O–H groups in total. The second-order valence-corrected chi connectivity index (χ2v) is 9.05. The third kappa shape index (κ3) is 4.60. The summed E-state index contributed by atoms with van der Waals surface area (Å²) in [7, 11) is -2.80. The number of ether oxygens (including phenoxy) is 1. The molecule has 0 aliphatic carbocycles. The van der Waals surface area contributed by atoms with Gasteiger partial charge in [0.05, 0.1) is 12.0 Å². The van der Waals surface area contributed by atoms with Crippen LogP contribution >= 0.6 is 24.0 Å². The summed E-state index contributed by atoms with van der Waals surface area (Å²) in [5.41, 5.74) is 0.616. The Morgan fingerprint density at radius 1 is 1.17 bits per heavy atom. The first-order valence-corrected chi connectivity index (χ1v) is 11.0. The molecule has 10 heteroatoms. The summed E-state index contributed by atoms with van der Waals surface area (Å²) in [4.78, 5) is 14.1. The van der Waals surface area contributed by atoms with Crippen molar-refractivity contribution < 1.29 is 26.5 Å². The normalized spacial score (nSPS) is 15.8. The Bertz CT molecular complexity index is 1100. The largest absolute Gasteiger partial charge is 0.493 e. The van der Waals surface area contributed by atoms with Crippen LogP contribution in [-0.2, 0) is 14.9 Å². The zero-order valence-electron chi connectivity index (χ0n) is 15.4. The van der Waals surface area contributed by atoms with Crippen LogP contribution in [0.5, 0.6) is 11.5 Å². The Morgan fingerprint density at radius 2 is 1.86 bits per heavy atom. The summed E-state index contributed by atoms with van der Waals surface area (Å²) in [6.45, 7) is 2.32. The highest BCUT2D eigenvalue weighted by atomic mass is 32.2. The molecule has 0 bridgehead atoms. The molecule has 1 saturated heterocycles. The molecule has 152 valence electrons. The van der Waals surface area contributed by atoms with E-state index < -0.39 is 15.9 Å². The van der Waals surface area contributed by atoms with E-state index in [0.717, 1.165) is 24.3 Å². The van der Waals surface area contributed by atoms with Gasteiger partial charge in [0.15, 0.2) is 11.5 Å². The van der Waals surface area contributed by atoms with Crippen molar-refractivity contribution in [2.45, 2.75) is 11.8 Å². The Kier molecular flexibility index (Phi) is 6.25. The van der Waals surface area contributed by atoms with Gasteiger partial charge in [0.1, 0.15) is 15.0 Å². The van der Waals surface area contributed by atoms with Gasteiger partial charge in [-0.1, -0.05) is 30.0 Å². The van der Waals surface area contributed by atoms with Crippen molar-refractivity contribution in [3.8, 4) is 11.5 Å². The maximum atomic E-state index is 13.0. The Balaban J connectivity index is 1.88. The number of thioether (sulfide) groups is 1. The van der Waals surface area contributed by atoms with Gasteiger partial charge in [-0.3, -0.25) is 9.69 Å². The quantitative estimate of drug-likeness (QED) is 0.374. The zero-order chi connectivity index (χ0) is 21.2. The third-order valence-electron chi connectivity index (χ3n) is 3.98. The number of thiocarbonyl (C=S) groups is 1. The summed E-state index contributed by atoms with van der Waals surface area (Å²) in [5.74, 6) is -0.606. The highest BCUT2D eigenvalue weighted by molar-refractivity contribution is 8.26. The van der Waals surface area contributed by atoms with E-state index in [2.05, 4.69) is 0 Å². The highest BCUT2D eigenvalue weighted by Crippen LogP contribution is 2.35. The highest BCUT2D eigenvalue weighted by Gasteiger charge is 2.30. The molecule has 0 spiro atoms. The van der Waals surface area contributed by atoms with E-state index in [-0.39, 0.29) is 22.3 Å². The fourth-order valence-electron chi connectivity index (χ4n) is 2.53. The van der Waals surface area contributed by atoms with Gasteiger partial charge in [-0.2, -0.15) is 8.42 Å². The molecule has 2 aromatic rings. The summed E-state index contributed by atoms with van der Waals surface area (Å²) < 4.78 is 48.7. The van der Waals surface area contributed by atoms with Gasteiger partial charge in [0.2, 0.25) is 0 Å². The standard InChI is InChI=1S/C19H16FNO5S3/c1-3-21-18(22)17(28-19(21)27)11-12-4-9-15(16(10-12)25-2)26-29(23,24)14-7-5-13(20)6-8-14/h4-11H,3H2,1-2H3/b17-11+. The molecule has 0 aromatic heterocycles. The molecule has 3 rings (SSSR count). The van der Waals surface area contributed by atoms with Gasteiger partial charge >= 0.3 is 10.1 Å². The lowest BCUT2D eigenvalue weighted by Gasteiger charge is -2.11. The zero-order valence-corrected chi connectivity index (χ0v) is 17.9. The number of likely N-dealkylation sites (N-methyl/N-ethyl adjacent to an activating group) is 1. The van der Waals surface area contributed by atoms with Crippen molar-refractivity contribution in [3.05, 3.63) is 58.8 Å². The maximum Gasteiger partial charge on any atom is 0.339 e. The molecular formula is C19H16FNO5S3. The number of hydrogen-bond acceptors (Lipinski definition) is 7. The van der Waals surface area contributed by atoms with E-state index in [4.69, 9.17) is 21.1 Å². The van der Waals surface area contributed by atoms with Crippen molar-refractivity contribution in [2.24, 2.45) is 0 Å². The molecule has 29 heavy (non-hydrogen) atoms. The second kappa shape index (κ2) is 8.52. The average Bonchev–Trinajstić information content (AvgIpc) is 2.95. The van der Waals surface area contributed by atoms with Crippen molar-refractivity contribution in [3.63, 3.8) is 0 Å². The molecule has 0 atom stereocenters. The van der Waals surface area contributed by atoms with Crippen molar-refractivity contribution in [1.29, 1.82) is 0 Å². The lowest BCUT2D eigenvalue weighted by atomic mass is 10.2. The predicted molar refractivity (Wildman–Crippen MR) is 113 cm³/mol. The smallest absolute Gasteiger partial charge is 0.339 e. The molecule has 0 radical (unpaired) electrons. The van der Waals surface area contributed by atoms with Gasteiger partial charge in [0, 0.05) is 6.54 Å². The molecule has 6 nitrogen and oxygen atoms in total. The fraction of sp³-hybridized carbons (Fsp3) is 0.158. The summed E-state index contributed by atoms with van der Waals surface area (Å²) >= 11 is 6.38. The predicted octanol–water partition coefficient (Wildman–Crippen LogP) is 3.82. The number of benzene rings is 2. The van der Waals surface area contributed by atoms with Crippen molar-refractivity contribution >= 4 is 50.4 Å². The van der Waals surface area contributed by atoms with Crippen LogP contribution in [0, 0.1) is 5.82 Å². The topological polar surface area (TPSA) is 72.9 Å². The van der Waals surface area contributed by atoms with Crippen LogP contribution in [0.3, 0.4) is 0 Å².